The van der Waals surface area contributed by atoms with E-state index in [-0.39, 0.29) is 5.41 Å². The fourth-order valence-corrected chi connectivity index (χ4v) is 2.46. The normalized spacial score (nSPS) is 12.8. The van der Waals surface area contributed by atoms with Gasteiger partial charge in [-0.3, -0.25) is 10.1 Å². The van der Waals surface area contributed by atoms with Gasteiger partial charge in [0.15, 0.2) is 0 Å². The van der Waals surface area contributed by atoms with Crippen LogP contribution in [-0.4, -0.2) is 29.1 Å². The Morgan fingerprint density at radius 2 is 2.35 bits per heavy atom. The Kier molecular flexibility index (Phi) is 5.94. The molecule has 2 N–H and O–H groups in total. The quantitative estimate of drug-likeness (QED) is 0.349. The summed E-state index contributed by atoms with van der Waals surface area (Å²) in [6, 6.07) is -0.826. The molecule has 1 rings (SSSR count). The summed E-state index contributed by atoms with van der Waals surface area (Å²) in [5.41, 5.74) is 8.59. The van der Waals surface area contributed by atoms with Gasteiger partial charge in [0.25, 0.3) is 0 Å². The Balaban J connectivity index is 2.69. The minimum atomic E-state index is -0.959. The zero-order chi connectivity index (χ0) is 15.2. The topological polar surface area (TPSA) is 111 Å². The van der Waals surface area contributed by atoms with Crippen molar-refractivity contribution in [3.63, 3.8) is 0 Å². The SMILES string of the molecule is CC(C)(C)c1nc(C(NCCCN=[N+]=[N-])C(=O)O)cs1. The number of nitrogens with one attached hydrogen (secondary N) is 1. The van der Waals surface area contributed by atoms with Crippen LogP contribution in [0, 0.1) is 0 Å². The van der Waals surface area contributed by atoms with E-state index in [9.17, 15) is 9.90 Å². The summed E-state index contributed by atoms with van der Waals surface area (Å²) < 4.78 is 0. The maximum absolute atomic E-state index is 11.3. The second-order valence-corrected chi connectivity index (χ2v) is 6.22. The number of azide groups is 1. The summed E-state index contributed by atoms with van der Waals surface area (Å²) in [5, 5.41) is 18.3. The molecule has 0 saturated carbocycles. The number of thiazole rings is 1. The molecule has 0 aliphatic rings. The molecule has 0 aromatic carbocycles. The molecule has 8 heteroatoms. The lowest BCUT2D eigenvalue weighted by Gasteiger charge is -2.15. The first-order valence-corrected chi connectivity index (χ1v) is 7.17. The van der Waals surface area contributed by atoms with E-state index in [2.05, 4.69) is 20.3 Å². The van der Waals surface area contributed by atoms with E-state index in [4.69, 9.17) is 5.53 Å². The standard InChI is InChI=1S/C12H19N5O2S/c1-12(2,3)11-16-8(7-20-11)9(10(18)19)14-5-4-6-15-17-13/h7,9,14H,4-6H2,1-3H3,(H,18,19). The number of carboxylic acids is 1. The summed E-state index contributed by atoms with van der Waals surface area (Å²) in [6.45, 7) is 6.93. The molecule has 1 aromatic rings. The van der Waals surface area contributed by atoms with Gasteiger partial charge in [-0.05, 0) is 18.5 Å². The van der Waals surface area contributed by atoms with Crippen molar-refractivity contribution in [2.24, 2.45) is 5.11 Å². The number of hydrogen-bond acceptors (Lipinski definition) is 5. The summed E-state index contributed by atoms with van der Waals surface area (Å²) in [6.07, 6.45) is 0.587. The van der Waals surface area contributed by atoms with E-state index in [0.717, 1.165) is 5.01 Å². The Hall–Kier alpha value is -1.63. The molecule has 1 aromatic heterocycles. The molecule has 0 bridgehead atoms. The van der Waals surface area contributed by atoms with Gasteiger partial charge >= 0.3 is 5.97 Å². The second-order valence-electron chi connectivity index (χ2n) is 5.36. The third-order valence-electron chi connectivity index (χ3n) is 2.55. The molecule has 7 nitrogen and oxygen atoms in total. The van der Waals surface area contributed by atoms with Crippen LogP contribution in [0.2, 0.25) is 0 Å². The predicted molar refractivity (Wildman–Crippen MR) is 77.8 cm³/mol. The average Bonchev–Trinajstić information content (AvgIpc) is 2.82. The largest absolute Gasteiger partial charge is 0.480 e. The third-order valence-corrected chi connectivity index (χ3v) is 3.84. The number of aliphatic carboxylic acids is 1. The first kappa shape index (κ1) is 16.4. The highest BCUT2D eigenvalue weighted by molar-refractivity contribution is 7.09. The monoisotopic (exact) mass is 297 g/mol. The van der Waals surface area contributed by atoms with Crippen molar-refractivity contribution in [2.45, 2.75) is 38.6 Å². The molecule has 0 spiro atoms. The van der Waals surface area contributed by atoms with E-state index >= 15 is 0 Å². The van der Waals surface area contributed by atoms with Crippen molar-refractivity contribution in [2.75, 3.05) is 13.1 Å². The Labute approximate surface area is 121 Å². The molecule has 0 saturated heterocycles. The minimum Gasteiger partial charge on any atom is -0.480 e. The van der Waals surface area contributed by atoms with Gasteiger partial charge in [-0.15, -0.1) is 11.3 Å². The maximum atomic E-state index is 11.3. The maximum Gasteiger partial charge on any atom is 0.327 e. The lowest BCUT2D eigenvalue weighted by Crippen LogP contribution is -2.30. The van der Waals surface area contributed by atoms with E-state index in [0.29, 0.717) is 25.2 Å². The lowest BCUT2D eigenvalue weighted by atomic mass is 9.98. The van der Waals surface area contributed by atoms with Gasteiger partial charge in [0.1, 0.15) is 6.04 Å². The van der Waals surface area contributed by atoms with Crippen molar-refractivity contribution < 1.29 is 9.90 Å². The highest BCUT2D eigenvalue weighted by atomic mass is 32.1. The van der Waals surface area contributed by atoms with Gasteiger partial charge < -0.3 is 5.11 Å². The van der Waals surface area contributed by atoms with Gasteiger partial charge in [-0.1, -0.05) is 25.9 Å². The van der Waals surface area contributed by atoms with Crippen LogP contribution in [-0.2, 0) is 10.2 Å². The predicted octanol–water partition coefficient (Wildman–Crippen LogP) is 2.86. The Morgan fingerprint density at radius 3 is 2.85 bits per heavy atom. The van der Waals surface area contributed by atoms with Crippen molar-refractivity contribution in [1.82, 2.24) is 10.3 Å². The van der Waals surface area contributed by atoms with Crippen LogP contribution in [0.4, 0.5) is 0 Å². The molecule has 0 aliphatic carbocycles. The summed E-state index contributed by atoms with van der Waals surface area (Å²) in [4.78, 5) is 18.4. The van der Waals surface area contributed by atoms with Gasteiger partial charge in [-0.25, -0.2) is 4.98 Å². The Bertz CT molecular complexity index is 502. The molecule has 0 radical (unpaired) electrons. The zero-order valence-corrected chi connectivity index (χ0v) is 12.6. The van der Waals surface area contributed by atoms with E-state index in [1.165, 1.54) is 11.3 Å². The molecule has 1 unspecified atom stereocenters. The van der Waals surface area contributed by atoms with Crippen LogP contribution in [0.3, 0.4) is 0 Å². The van der Waals surface area contributed by atoms with Gasteiger partial charge in [0, 0.05) is 22.3 Å². The number of hydrogen-bond donors (Lipinski definition) is 2. The molecular weight excluding hydrogens is 278 g/mol. The second kappa shape index (κ2) is 7.23. The highest BCUT2D eigenvalue weighted by Gasteiger charge is 2.25. The lowest BCUT2D eigenvalue weighted by molar-refractivity contribution is -0.139. The fourth-order valence-electron chi connectivity index (χ4n) is 1.52. The van der Waals surface area contributed by atoms with E-state index < -0.39 is 12.0 Å². The molecule has 1 atom stereocenters. The zero-order valence-electron chi connectivity index (χ0n) is 11.8. The molecular formula is C12H19N5O2S. The fraction of sp³-hybridized carbons (Fsp3) is 0.667. The average molecular weight is 297 g/mol. The Morgan fingerprint density at radius 1 is 1.65 bits per heavy atom. The van der Waals surface area contributed by atoms with Crippen LogP contribution in [0.1, 0.15) is 43.9 Å². The van der Waals surface area contributed by atoms with Crippen molar-refractivity contribution in [3.8, 4) is 0 Å². The van der Waals surface area contributed by atoms with Crippen LogP contribution < -0.4 is 5.32 Å². The first-order chi connectivity index (χ1) is 9.36. The third kappa shape index (κ3) is 4.80. The molecule has 110 valence electrons. The smallest absolute Gasteiger partial charge is 0.327 e. The van der Waals surface area contributed by atoms with Gasteiger partial charge in [-0.2, -0.15) is 0 Å². The number of rotatable bonds is 7. The van der Waals surface area contributed by atoms with Crippen LogP contribution in [0.15, 0.2) is 10.5 Å². The van der Waals surface area contributed by atoms with Crippen molar-refractivity contribution in [3.05, 3.63) is 26.5 Å². The van der Waals surface area contributed by atoms with Crippen LogP contribution in [0.5, 0.6) is 0 Å². The van der Waals surface area contributed by atoms with Crippen molar-refractivity contribution >= 4 is 17.3 Å². The summed E-state index contributed by atoms with van der Waals surface area (Å²) in [5.74, 6) is -0.959. The number of carboxylic acid groups (broad SMARTS) is 1. The van der Waals surface area contributed by atoms with Crippen LogP contribution in [0.25, 0.3) is 10.4 Å². The number of carbonyl (C=O) groups is 1. The molecule has 0 amide bonds. The molecule has 0 fully saturated rings. The molecule has 0 aliphatic heterocycles. The van der Waals surface area contributed by atoms with Crippen molar-refractivity contribution in [1.29, 1.82) is 0 Å². The molecule has 1 heterocycles. The van der Waals surface area contributed by atoms with E-state index in [1.807, 2.05) is 20.8 Å². The van der Waals surface area contributed by atoms with E-state index in [1.54, 1.807) is 5.38 Å². The van der Waals surface area contributed by atoms with Crippen LogP contribution >= 0.6 is 11.3 Å². The van der Waals surface area contributed by atoms with Gasteiger partial charge in [0.05, 0.1) is 10.7 Å². The molecule has 20 heavy (non-hydrogen) atoms. The number of nitrogens with zero attached hydrogens (tertiary/aromatic N) is 4. The first-order valence-electron chi connectivity index (χ1n) is 6.29. The van der Waals surface area contributed by atoms with Gasteiger partial charge in [0.2, 0.25) is 0 Å². The summed E-state index contributed by atoms with van der Waals surface area (Å²) >= 11 is 1.47. The highest BCUT2D eigenvalue weighted by Crippen LogP contribution is 2.27. The minimum absolute atomic E-state index is 0.0898. The summed E-state index contributed by atoms with van der Waals surface area (Å²) in [7, 11) is 0. The number of aromatic nitrogens is 1.